The van der Waals surface area contributed by atoms with E-state index in [0.29, 0.717) is 36.0 Å². The Morgan fingerprint density at radius 2 is 1.60 bits per heavy atom. The number of carbonyl (C=O) groups is 2. The van der Waals surface area contributed by atoms with Crippen molar-refractivity contribution in [2.75, 3.05) is 16.2 Å². The molecule has 0 fully saturated rings. The van der Waals surface area contributed by atoms with Gasteiger partial charge < -0.3 is 15.4 Å². The van der Waals surface area contributed by atoms with E-state index in [4.69, 9.17) is 10.5 Å². The minimum absolute atomic E-state index is 0.0126. The molecule has 0 saturated heterocycles. The van der Waals surface area contributed by atoms with Gasteiger partial charge in [0.2, 0.25) is 5.91 Å². The maximum absolute atomic E-state index is 13.3. The molecule has 5 aromatic rings. The fourth-order valence-corrected chi connectivity index (χ4v) is 6.98. The Balaban J connectivity index is 1.06. The van der Waals surface area contributed by atoms with Crippen molar-refractivity contribution in [2.24, 2.45) is 10.7 Å². The summed E-state index contributed by atoms with van der Waals surface area (Å²) in [5.74, 6) is 0.0377. The maximum atomic E-state index is 13.3. The van der Waals surface area contributed by atoms with Crippen molar-refractivity contribution in [3.05, 3.63) is 138 Å². The third kappa shape index (κ3) is 7.50. The lowest BCUT2D eigenvalue weighted by atomic mass is 10.00. The van der Waals surface area contributed by atoms with Gasteiger partial charge in [0.05, 0.1) is 4.90 Å². The summed E-state index contributed by atoms with van der Waals surface area (Å²) in [6.45, 7) is 0.704. The van der Waals surface area contributed by atoms with E-state index < -0.39 is 16.1 Å². The maximum Gasteiger partial charge on any atom is 0.435 e. The molecule has 2 amide bonds. The first-order chi connectivity index (χ1) is 22.8. The van der Waals surface area contributed by atoms with Crippen LogP contribution in [0.3, 0.4) is 0 Å². The number of sulfonamides is 1. The number of ether oxygens (including phenoxy) is 1. The van der Waals surface area contributed by atoms with E-state index in [-0.39, 0.29) is 23.2 Å². The molecule has 9 nitrogen and oxygen atoms in total. The molecule has 10 heteroatoms. The first-order valence-electron chi connectivity index (χ1n) is 15.3. The van der Waals surface area contributed by atoms with Gasteiger partial charge in [-0.15, -0.1) is 0 Å². The van der Waals surface area contributed by atoms with Gasteiger partial charge >= 0.3 is 6.09 Å². The van der Waals surface area contributed by atoms with Crippen LogP contribution < -0.4 is 15.4 Å². The molecule has 0 aromatic heterocycles. The predicted octanol–water partition coefficient (Wildman–Crippen LogP) is 6.59. The number of fused-ring (bicyclic) bond motifs is 2. The SMILES string of the molecule is N/C(=N\C(=O)OCc1ccccc1)c1ccc(CCC(=O)N2CCCc3cc(NS(=O)(=O)c4cccc5ccccc45)ccc32)cc1. The molecule has 3 N–H and O–H groups in total. The zero-order valence-electron chi connectivity index (χ0n) is 25.6. The second-order valence-electron chi connectivity index (χ2n) is 11.3. The molecule has 0 bridgehead atoms. The van der Waals surface area contributed by atoms with Crippen LogP contribution in [0.25, 0.3) is 10.8 Å². The summed E-state index contributed by atoms with van der Waals surface area (Å²) >= 11 is 0. The van der Waals surface area contributed by atoms with Gasteiger partial charge in [-0.3, -0.25) is 9.52 Å². The van der Waals surface area contributed by atoms with Crippen molar-refractivity contribution in [3.63, 3.8) is 0 Å². The number of hydrogen-bond acceptors (Lipinski definition) is 5. The molecule has 47 heavy (non-hydrogen) atoms. The fourth-order valence-electron chi connectivity index (χ4n) is 5.70. The van der Waals surface area contributed by atoms with Crippen molar-refractivity contribution < 1.29 is 22.7 Å². The number of amides is 2. The lowest BCUT2D eigenvalue weighted by Crippen LogP contribution is -2.35. The van der Waals surface area contributed by atoms with Crippen LogP contribution in [0.5, 0.6) is 0 Å². The number of nitrogens with one attached hydrogen (secondary N) is 1. The van der Waals surface area contributed by atoms with Gasteiger partial charge in [0.25, 0.3) is 10.0 Å². The number of benzene rings is 5. The van der Waals surface area contributed by atoms with Crippen molar-refractivity contribution in [3.8, 4) is 0 Å². The molecule has 0 atom stereocenters. The largest absolute Gasteiger partial charge is 0.443 e. The average Bonchev–Trinajstić information content (AvgIpc) is 3.09. The lowest BCUT2D eigenvalue weighted by Gasteiger charge is -2.30. The Bertz CT molecular complexity index is 2060. The van der Waals surface area contributed by atoms with Crippen LogP contribution in [-0.2, 0) is 39.0 Å². The third-order valence-corrected chi connectivity index (χ3v) is 9.52. The Morgan fingerprint density at radius 1 is 0.851 bits per heavy atom. The summed E-state index contributed by atoms with van der Waals surface area (Å²) in [6.07, 6.45) is 1.57. The summed E-state index contributed by atoms with van der Waals surface area (Å²) in [6, 6.07) is 34.5. The second kappa shape index (κ2) is 13.9. The number of nitrogens with two attached hydrogens (primary N) is 1. The number of hydrogen-bond donors (Lipinski definition) is 2. The van der Waals surface area contributed by atoms with E-state index in [9.17, 15) is 18.0 Å². The predicted molar refractivity (Wildman–Crippen MR) is 184 cm³/mol. The number of aryl methyl sites for hydroxylation is 2. The molecule has 0 radical (unpaired) electrons. The van der Waals surface area contributed by atoms with Gasteiger partial charge in [-0.25, -0.2) is 13.2 Å². The molecule has 1 heterocycles. The fraction of sp³-hybridized carbons (Fsp3) is 0.162. The minimum Gasteiger partial charge on any atom is -0.443 e. The van der Waals surface area contributed by atoms with Crippen LogP contribution >= 0.6 is 0 Å². The van der Waals surface area contributed by atoms with E-state index in [2.05, 4.69) is 9.71 Å². The van der Waals surface area contributed by atoms with Crippen LogP contribution in [0.2, 0.25) is 0 Å². The minimum atomic E-state index is -3.83. The van der Waals surface area contributed by atoms with Crippen molar-refractivity contribution in [1.29, 1.82) is 0 Å². The summed E-state index contributed by atoms with van der Waals surface area (Å²) in [7, 11) is -3.83. The highest BCUT2D eigenvalue weighted by atomic mass is 32.2. The van der Waals surface area contributed by atoms with Crippen LogP contribution in [0.4, 0.5) is 16.2 Å². The number of aliphatic imine (C=N–C) groups is 1. The summed E-state index contributed by atoms with van der Waals surface area (Å²) in [4.78, 5) is 31.3. The van der Waals surface area contributed by atoms with Crippen molar-refractivity contribution >= 4 is 50.0 Å². The molecular weight excluding hydrogens is 612 g/mol. The van der Waals surface area contributed by atoms with E-state index in [0.717, 1.165) is 40.6 Å². The van der Waals surface area contributed by atoms with Crippen LogP contribution in [0.15, 0.2) is 125 Å². The van der Waals surface area contributed by atoms with E-state index in [1.165, 1.54) is 0 Å². The van der Waals surface area contributed by atoms with Gasteiger partial charge in [-0.2, -0.15) is 4.99 Å². The van der Waals surface area contributed by atoms with Gasteiger partial charge in [-0.1, -0.05) is 91.0 Å². The van der Waals surface area contributed by atoms with Crippen molar-refractivity contribution in [2.45, 2.75) is 37.2 Å². The van der Waals surface area contributed by atoms with Gasteiger partial charge in [0.1, 0.15) is 12.4 Å². The number of carbonyl (C=O) groups excluding carboxylic acids is 2. The zero-order chi connectivity index (χ0) is 32.8. The Hall–Kier alpha value is -5.48. The topological polar surface area (TPSA) is 131 Å². The molecule has 0 spiro atoms. The van der Waals surface area contributed by atoms with Crippen LogP contribution in [0, 0.1) is 0 Å². The Kier molecular flexibility index (Phi) is 9.30. The van der Waals surface area contributed by atoms with Gasteiger partial charge in [-0.05, 0) is 65.6 Å². The first kappa shape index (κ1) is 31.5. The Morgan fingerprint density at radius 3 is 2.40 bits per heavy atom. The van der Waals surface area contributed by atoms with Crippen LogP contribution in [-0.4, -0.2) is 32.8 Å². The lowest BCUT2D eigenvalue weighted by molar-refractivity contribution is -0.118. The molecule has 1 aliphatic rings. The third-order valence-electron chi connectivity index (χ3n) is 8.08. The highest BCUT2D eigenvalue weighted by Gasteiger charge is 2.24. The summed E-state index contributed by atoms with van der Waals surface area (Å²) in [5, 5.41) is 1.50. The highest BCUT2D eigenvalue weighted by Crippen LogP contribution is 2.32. The average molecular weight is 647 g/mol. The van der Waals surface area contributed by atoms with E-state index in [1.54, 1.807) is 41.3 Å². The smallest absolute Gasteiger partial charge is 0.435 e. The van der Waals surface area contributed by atoms with Crippen LogP contribution in [0.1, 0.15) is 35.1 Å². The van der Waals surface area contributed by atoms with E-state index >= 15 is 0 Å². The highest BCUT2D eigenvalue weighted by molar-refractivity contribution is 7.93. The molecule has 0 aliphatic carbocycles. The molecule has 6 rings (SSSR count). The zero-order valence-corrected chi connectivity index (χ0v) is 26.5. The number of anilines is 2. The van der Waals surface area contributed by atoms with Gasteiger partial charge in [0, 0.05) is 35.3 Å². The standard InChI is InChI=1S/C37H34N4O5S/c38-36(39-37(43)46-25-27-8-2-1-3-9-27)29-18-15-26(16-19-29)17-22-35(42)41-23-7-12-30-24-31(20-21-33(30)41)40-47(44,45)34-14-6-11-28-10-4-5-13-32(28)34/h1-6,8-11,13-16,18-21,24,40H,7,12,17,22-23,25H2,(H2,38,39,43). The molecular formula is C37H34N4O5S. The first-order valence-corrected chi connectivity index (χ1v) is 16.8. The number of rotatable bonds is 9. The molecule has 0 saturated carbocycles. The van der Waals surface area contributed by atoms with Crippen molar-refractivity contribution in [1.82, 2.24) is 0 Å². The molecule has 1 aliphatic heterocycles. The summed E-state index contributed by atoms with van der Waals surface area (Å²) in [5.41, 5.74) is 10.6. The summed E-state index contributed by atoms with van der Waals surface area (Å²) < 4.78 is 34.6. The Labute approximate surface area is 273 Å². The van der Waals surface area contributed by atoms with Gasteiger partial charge in [0.15, 0.2) is 0 Å². The number of amidine groups is 1. The monoisotopic (exact) mass is 646 g/mol. The number of nitrogens with zero attached hydrogens (tertiary/aromatic N) is 2. The quantitative estimate of drug-likeness (QED) is 0.137. The molecule has 0 unspecified atom stereocenters. The molecule has 5 aromatic carbocycles. The normalized spacial score (nSPS) is 13.2. The second-order valence-corrected chi connectivity index (χ2v) is 13.0. The van der Waals surface area contributed by atoms with E-state index in [1.807, 2.05) is 78.9 Å². The molecule has 238 valence electrons.